The lowest BCUT2D eigenvalue weighted by Crippen LogP contribution is -1.90. The lowest BCUT2D eigenvalue weighted by Gasteiger charge is -1.93. The number of thiophene rings is 1. The number of hydrogen-bond donors (Lipinski definition) is 1. The molecule has 1 heterocycles. The van der Waals surface area contributed by atoms with Crippen molar-refractivity contribution in [2.75, 3.05) is 5.73 Å². The van der Waals surface area contributed by atoms with Crippen molar-refractivity contribution in [3.63, 3.8) is 0 Å². The van der Waals surface area contributed by atoms with E-state index in [2.05, 4.69) is 0 Å². The van der Waals surface area contributed by atoms with Crippen LogP contribution in [0.3, 0.4) is 0 Å². The molecule has 0 bridgehead atoms. The molecule has 11 heavy (non-hydrogen) atoms. The maximum atomic E-state index is 10.5. The van der Waals surface area contributed by atoms with Crippen LogP contribution in [-0.4, -0.2) is 6.29 Å². The van der Waals surface area contributed by atoms with Gasteiger partial charge in [-0.25, -0.2) is 0 Å². The first-order valence-electron chi connectivity index (χ1n) is 3.53. The summed E-state index contributed by atoms with van der Waals surface area (Å²) in [7, 11) is 0. The summed E-state index contributed by atoms with van der Waals surface area (Å²) >= 11 is 1.49. The smallest absolute Gasteiger partial charge is 0.153 e. The molecule has 1 aromatic heterocycles. The van der Waals surface area contributed by atoms with Gasteiger partial charge in [0.05, 0.1) is 10.6 Å². The molecule has 0 spiro atoms. The summed E-state index contributed by atoms with van der Waals surface area (Å²) in [5.74, 6) is 0. The Morgan fingerprint density at radius 3 is 2.64 bits per heavy atom. The largest absolute Gasteiger partial charge is 0.390 e. The molecule has 0 atom stereocenters. The number of aldehydes is 1. The third-order valence-electron chi connectivity index (χ3n) is 1.75. The molecule has 0 aliphatic rings. The quantitative estimate of drug-likeness (QED) is 0.688. The van der Waals surface area contributed by atoms with Crippen LogP contribution in [0.5, 0.6) is 0 Å². The minimum absolute atomic E-state index is 0.648. The summed E-state index contributed by atoms with van der Waals surface area (Å²) < 4.78 is 0. The number of hydrogen-bond acceptors (Lipinski definition) is 3. The van der Waals surface area contributed by atoms with Gasteiger partial charge in [-0.1, -0.05) is 6.92 Å². The molecule has 0 saturated heterocycles. The third kappa shape index (κ3) is 1.28. The molecule has 60 valence electrons. The maximum Gasteiger partial charge on any atom is 0.153 e. The second kappa shape index (κ2) is 3.05. The number of aryl methyl sites for hydroxylation is 1. The van der Waals surface area contributed by atoms with E-state index in [1.807, 2.05) is 13.8 Å². The van der Waals surface area contributed by atoms with Crippen LogP contribution in [0.25, 0.3) is 0 Å². The van der Waals surface area contributed by atoms with E-state index in [1.54, 1.807) is 0 Å². The zero-order valence-electron chi connectivity index (χ0n) is 6.68. The number of carbonyl (C=O) groups is 1. The first-order chi connectivity index (χ1) is 5.20. The summed E-state index contributed by atoms with van der Waals surface area (Å²) in [5, 5.41) is 0.648. The van der Waals surface area contributed by atoms with Gasteiger partial charge < -0.3 is 5.73 Å². The van der Waals surface area contributed by atoms with Crippen molar-refractivity contribution in [2.45, 2.75) is 20.3 Å². The van der Waals surface area contributed by atoms with Crippen molar-refractivity contribution in [2.24, 2.45) is 0 Å². The van der Waals surface area contributed by atoms with Crippen molar-refractivity contribution < 1.29 is 4.79 Å². The Hall–Kier alpha value is -0.830. The molecule has 0 fully saturated rings. The Morgan fingerprint density at radius 2 is 2.27 bits per heavy atom. The molecule has 1 rings (SSSR count). The summed E-state index contributed by atoms with van der Waals surface area (Å²) in [6.07, 6.45) is 1.73. The van der Waals surface area contributed by atoms with Crippen LogP contribution in [0.1, 0.15) is 27.7 Å². The third-order valence-corrected chi connectivity index (χ3v) is 2.74. The lowest BCUT2D eigenvalue weighted by atomic mass is 10.1. The number of nitrogen functional groups attached to an aromatic ring is 1. The first kappa shape index (κ1) is 8.27. The average molecular weight is 169 g/mol. The predicted octanol–water partition coefficient (Wildman–Crippen LogP) is 2.01. The molecule has 1 aromatic rings. The van der Waals surface area contributed by atoms with E-state index in [1.165, 1.54) is 11.3 Å². The molecular weight excluding hydrogens is 158 g/mol. The monoisotopic (exact) mass is 169 g/mol. The fourth-order valence-corrected chi connectivity index (χ4v) is 2.18. The Morgan fingerprint density at radius 1 is 1.64 bits per heavy atom. The van der Waals surface area contributed by atoms with Gasteiger partial charge >= 0.3 is 0 Å². The van der Waals surface area contributed by atoms with Crippen molar-refractivity contribution >= 4 is 22.6 Å². The van der Waals surface area contributed by atoms with Gasteiger partial charge in [-0.3, -0.25) is 4.79 Å². The number of nitrogens with two attached hydrogens (primary N) is 1. The molecule has 0 aromatic carbocycles. The molecule has 2 nitrogen and oxygen atoms in total. The van der Waals surface area contributed by atoms with Crippen LogP contribution in [-0.2, 0) is 6.42 Å². The fourth-order valence-electron chi connectivity index (χ4n) is 1.19. The van der Waals surface area contributed by atoms with E-state index < -0.39 is 0 Å². The van der Waals surface area contributed by atoms with E-state index in [0.29, 0.717) is 10.6 Å². The fraction of sp³-hybridized carbons (Fsp3) is 0.375. The van der Waals surface area contributed by atoms with Crippen molar-refractivity contribution in [1.29, 1.82) is 0 Å². The van der Waals surface area contributed by atoms with Crippen LogP contribution in [0.15, 0.2) is 0 Å². The van der Waals surface area contributed by atoms with Crippen LogP contribution in [0.2, 0.25) is 0 Å². The zero-order valence-corrected chi connectivity index (χ0v) is 7.49. The van der Waals surface area contributed by atoms with Gasteiger partial charge in [0.2, 0.25) is 0 Å². The van der Waals surface area contributed by atoms with Crippen molar-refractivity contribution in [3.05, 3.63) is 16.0 Å². The van der Waals surface area contributed by atoms with Gasteiger partial charge in [0, 0.05) is 4.88 Å². The minimum atomic E-state index is 0.648. The topological polar surface area (TPSA) is 43.1 Å². The lowest BCUT2D eigenvalue weighted by molar-refractivity contribution is 0.112. The molecule has 2 N–H and O–H groups in total. The molecule has 0 amide bonds. The maximum absolute atomic E-state index is 10.5. The van der Waals surface area contributed by atoms with Crippen LogP contribution in [0.4, 0.5) is 5.00 Å². The number of carbonyl (C=O) groups excluding carboxylic acids is 1. The van der Waals surface area contributed by atoms with Gasteiger partial charge in [-0.2, -0.15) is 0 Å². The number of anilines is 1. The van der Waals surface area contributed by atoms with E-state index in [0.717, 1.165) is 23.1 Å². The Labute approximate surface area is 70.0 Å². The van der Waals surface area contributed by atoms with Crippen LogP contribution < -0.4 is 5.73 Å². The van der Waals surface area contributed by atoms with E-state index in [4.69, 9.17) is 5.73 Å². The highest BCUT2D eigenvalue weighted by molar-refractivity contribution is 7.16. The molecule has 0 radical (unpaired) electrons. The van der Waals surface area contributed by atoms with Gasteiger partial charge in [0.15, 0.2) is 6.29 Å². The Balaban J connectivity index is 3.28. The number of rotatable bonds is 2. The van der Waals surface area contributed by atoms with Crippen LogP contribution in [0, 0.1) is 6.92 Å². The van der Waals surface area contributed by atoms with Gasteiger partial charge in [-0.15, -0.1) is 11.3 Å². The average Bonchev–Trinajstić information content (AvgIpc) is 2.24. The molecule has 3 heteroatoms. The zero-order chi connectivity index (χ0) is 8.43. The van der Waals surface area contributed by atoms with Crippen LogP contribution >= 0.6 is 11.3 Å². The van der Waals surface area contributed by atoms with Crippen molar-refractivity contribution in [1.82, 2.24) is 0 Å². The van der Waals surface area contributed by atoms with E-state index in [-0.39, 0.29) is 0 Å². The summed E-state index contributed by atoms with van der Waals surface area (Å²) in [4.78, 5) is 11.7. The predicted molar refractivity (Wildman–Crippen MR) is 48.2 cm³/mol. The SMILES string of the molecule is CCc1c(C)sc(N)c1C=O. The van der Waals surface area contributed by atoms with Gasteiger partial charge in [-0.05, 0) is 18.9 Å². The second-order valence-corrected chi connectivity index (χ2v) is 3.64. The summed E-state index contributed by atoms with van der Waals surface area (Å²) in [5.41, 5.74) is 7.40. The molecule has 0 saturated carbocycles. The minimum Gasteiger partial charge on any atom is -0.390 e. The molecule has 0 aliphatic carbocycles. The molecule has 0 aliphatic heterocycles. The van der Waals surface area contributed by atoms with Gasteiger partial charge in [0.25, 0.3) is 0 Å². The normalized spacial score (nSPS) is 10.0. The summed E-state index contributed by atoms with van der Waals surface area (Å²) in [6.45, 7) is 4.02. The summed E-state index contributed by atoms with van der Waals surface area (Å²) in [6, 6.07) is 0. The highest BCUT2D eigenvalue weighted by atomic mass is 32.1. The second-order valence-electron chi connectivity index (χ2n) is 2.39. The van der Waals surface area contributed by atoms with Crippen molar-refractivity contribution in [3.8, 4) is 0 Å². The molecular formula is C8H11NOS. The molecule has 0 unspecified atom stereocenters. The first-order valence-corrected chi connectivity index (χ1v) is 4.35. The standard InChI is InChI=1S/C8H11NOS/c1-3-6-5(2)11-8(9)7(6)4-10/h4H,3,9H2,1-2H3. The van der Waals surface area contributed by atoms with E-state index >= 15 is 0 Å². The Kier molecular flexibility index (Phi) is 2.29. The Bertz CT molecular complexity index is 278. The van der Waals surface area contributed by atoms with E-state index in [9.17, 15) is 4.79 Å². The van der Waals surface area contributed by atoms with Gasteiger partial charge in [0.1, 0.15) is 0 Å². The highest BCUT2D eigenvalue weighted by Crippen LogP contribution is 2.28. The highest BCUT2D eigenvalue weighted by Gasteiger charge is 2.10.